The van der Waals surface area contributed by atoms with Crippen molar-refractivity contribution < 1.29 is 9.84 Å². The Labute approximate surface area is 123 Å². The van der Waals surface area contributed by atoms with E-state index in [4.69, 9.17) is 4.74 Å². The fourth-order valence-electron chi connectivity index (χ4n) is 2.88. The van der Waals surface area contributed by atoms with E-state index in [9.17, 15) is 5.11 Å². The van der Waals surface area contributed by atoms with Crippen LogP contribution in [0.15, 0.2) is 4.47 Å². The van der Waals surface area contributed by atoms with Crippen molar-refractivity contribution in [1.82, 2.24) is 5.32 Å². The molecule has 0 aromatic heterocycles. The summed E-state index contributed by atoms with van der Waals surface area (Å²) in [5.74, 6) is 1.56. The van der Waals surface area contributed by atoms with Gasteiger partial charge in [0.15, 0.2) is 11.5 Å². The van der Waals surface area contributed by atoms with E-state index in [-0.39, 0.29) is 0 Å². The molecular formula is C15H22BrNO2. The van der Waals surface area contributed by atoms with E-state index in [2.05, 4.69) is 28.2 Å². The quantitative estimate of drug-likeness (QED) is 0.894. The Balaban J connectivity index is 2.35. The second-order valence-corrected chi connectivity index (χ2v) is 6.11. The highest BCUT2D eigenvalue weighted by Crippen LogP contribution is 2.42. The average Bonchev–Trinajstić information content (AvgIpc) is 2.43. The number of nitrogens with one attached hydrogen (secondary N) is 1. The summed E-state index contributed by atoms with van der Waals surface area (Å²) in [6, 6.07) is 0. The van der Waals surface area contributed by atoms with Gasteiger partial charge in [-0.2, -0.15) is 0 Å². The molecule has 0 unspecified atom stereocenters. The molecule has 2 rings (SSSR count). The molecule has 1 aromatic rings. The van der Waals surface area contributed by atoms with Crippen LogP contribution in [0.2, 0.25) is 0 Å². The van der Waals surface area contributed by atoms with Crippen LogP contribution < -0.4 is 10.1 Å². The van der Waals surface area contributed by atoms with E-state index < -0.39 is 0 Å². The molecule has 1 aliphatic heterocycles. The van der Waals surface area contributed by atoms with Crippen molar-refractivity contribution in [3.05, 3.63) is 21.2 Å². The van der Waals surface area contributed by atoms with Crippen LogP contribution in [0.4, 0.5) is 0 Å². The van der Waals surface area contributed by atoms with Crippen molar-refractivity contribution >= 4 is 15.9 Å². The number of hydrogen-bond acceptors (Lipinski definition) is 3. The van der Waals surface area contributed by atoms with Gasteiger partial charge in [-0.3, -0.25) is 0 Å². The van der Waals surface area contributed by atoms with Crippen LogP contribution >= 0.6 is 15.9 Å². The molecule has 1 fully saturated rings. The predicted molar refractivity (Wildman–Crippen MR) is 81.1 cm³/mol. The van der Waals surface area contributed by atoms with E-state index in [1.165, 1.54) is 12.8 Å². The van der Waals surface area contributed by atoms with Gasteiger partial charge in [-0.25, -0.2) is 0 Å². The summed E-state index contributed by atoms with van der Waals surface area (Å²) in [7, 11) is 1.61. The van der Waals surface area contributed by atoms with E-state index in [0.29, 0.717) is 17.4 Å². The Kier molecular flexibility index (Phi) is 4.74. The molecule has 19 heavy (non-hydrogen) atoms. The molecule has 1 saturated heterocycles. The SMILES string of the molecule is COc1c(C)c(Br)c(C)c(CC2CCNCC2)c1O. The van der Waals surface area contributed by atoms with Gasteiger partial charge in [0.1, 0.15) is 0 Å². The molecule has 0 radical (unpaired) electrons. The Morgan fingerprint density at radius 2 is 1.89 bits per heavy atom. The second-order valence-electron chi connectivity index (χ2n) is 5.32. The molecule has 0 atom stereocenters. The Hall–Kier alpha value is -0.740. The summed E-state index contributed by atoms with van der Waals surface area (Å²) in [5.41, 5.74) is 3.13. The summed E-state index contributed by atoms with van der Waals surface area (Å²) in [5, 5.41) is 13.8. The van der Waals surface area contributed by atoms with Crippen LogP contribution in [0.1, 0.15) is 29.5 Å². The van der Waals surface area contributed by atoms with Gasteiger partial charge in [0.05, 0.1) is 7.11 Å². The lowest BCUT2D eigenvalue weighted by Crippen LogP contribution is -2.28. The fourth-order valence-corrected chi connectivity index (χ4v) is 3.30. The number of rotatable bonds is 3. The normalized spacial score (nSPS) is 16.6. The minimum absolute atomic E-state index is 0.319. The zero-order valence-corrected chi connectivity index (χ0v) is 13.4. The molecule has 0 bridgehead atoms. The molecule has 1 aromatic carbocycles. The first-order valence-corrected chi connectivity index (χ1v) is 7.60. The van der Waals surface area contributed by atoms with E-state index in [1.54, 1.807) is 7.11 Å². The van der Waals surface area contributed by atoms with Crippen molar-refractivity contribution in [2.75, 3.05) is 20.2 Å². The number of benzene rings is 1. The predicted octanol–water partition coefficient (Wildman–Crippen LogP) is 3.32. The molecule has 4 heteroatoms. The van der Waals surface area contributed by atoms with Gasteiger partial charge in [-0.05, 0) is 57.7 Å². The zero-order chi connectivity index (χ0) is 14.0. The number of phenolic OH excluding ortho intramolecular Hbond substituents is 1. The van der Waals surface area contributed by atoms with Crippen molar-refractivity contribution in [2.45, 2.75) is 33.1 Å². The van der Waals surface area contributed by atoms with Gasteiger partial charge in [-0.15, -0.1) is 0 Å². The van der Waals surface area contributed by atoms with Gasteiger partial charge in [-0.1, -0.05) is 15.9 Å². The van der Waals surface area contributed by atoms with Gasteiger partial charge >= 0.3 is 0 Å². The largest absolute Gasteiger partial charge is 0.504 e. The molecule has 2 N–H and O–H groups in total. The van der Waals surface area contributed by atoms with Crippen LogP contribution in [0.25, 0.3) is 0 Å². The molecule has 106 valence electrons. The smallest absolute Gasteiger partial charge is 0.164 e. The van der Waals surface area contributed by atoms with Gasteiger partial charge in [0, 0.05) is 15.6 Å². The molecule has 3 nitrogen and oxygen atoms in total. The number of halogens is 1. The number of phenols is 1. The molecule has 1 heterocycles. The maximum atomic E-state index is 10.4. The van der Waals surface area contributed by atoms with Crippen molar-refractivity contribution in [3.63, 3.8) is 0 Å². The molecule has 0 spiro atoms. The highest BCUT2D eigenvalue weighted by atomic mass is 79.9. The van der Waals surface area contributed by atoms with Crippen LogP contribution in [0.5, 0.6) is 11.5 Å². The van der Waals surface area contributed by atoms with E-state index in [0.717, 1.165) is 40.7 Å². The zero-order valence-electron chi connectivity index (χ0n) is 11.8. The van der Waals surface area contributed by atoms with E-state index in [1.807, 2.05) is 6.92 Å². The lowest BCUT2D eigenvalue weighted by molar-refractivity contribution is 0.349. The van der Waals surface area contributed by atoms with Crippen molar-refractivity contribution in [3.8, 4) is 11.5 Å². The van der Waals surface area contributed by atoms with Gasteiger partial charge < -0.3 is 15.2 Å². The maximum Gasteiger partial charge on any atom is 0.164 e. The molecular weight excluding hydrogens is 306 g/mol. The highest BCUT2D eigenvalue weighted by Gasteiger charge is 2.22. The Morgan fingerprint density at radius 1 is 1.26 bits per heavy atom. The third kappa shape index (κ3) is 2.90. The Bertz CT molecular complexity index is 468. The highest BCUT2D eigenvalue weighted by molar-refractivity contribution is 9.10. The first-order chi connectivity index (χ1) is 9.06. The molecule has 0 saturated carbocycles. The third-order valence-electron chi connectivity index (χ3n) is 4.11. The van der Waals surface area contributed by atoms with Crippen LogP contribution in [-0.4, -0.2) is 25.3 Å². The standard InChI is InChI=1S/C15H22BrNO2/c1-9-12(8-11-4-6-17-7-5-11)14(18)15(19-3)10(2)13(9)16/h11,17-18H,4-8H2,1-3H3. The minimum atomic E-state index is 0.319. The van der Waals surface area contributed by atoms with Gasteiger partial charge in [0.25, 0.3) is 0 Å². The molecule has 0 amide bonds. The summed E-state index contributed by atoms with van der Waals surface area (Å²) in [4.78, 5) is 0. The van der Waals surface area contributed by atoms with Crippen molar-refractivity contribution in [1.29, 1.82) is 0 Å². The maximum absolute atomic E-state index is 10.4. The van der Waals surface area contributed by atoms with Crippen molar-refractivity contribution in [2.24, 2.45) is 5.92 Å². The first-order valence-electron chi connectivity index (χ1n) is 6.81. The van der Waals surface area contributed by atoms with Crippen LogP contribution in [-0.2, 0) is 6.42 Å². The summed E-state index contributed by atoms with van der Waals surface area (Å²) >= 11 is 3.62. The van der Waals surface area contributed by atoms with Gasteiger partial charge in [0.2, 0.25) is 0 Å². The van der Waals surface area contributed by atoms with Crippen LogP contribution in [0, 0.1) is 19.8 Å². The fraction of sp³-hybridized carbons (Fsp3) is 0.600. The number of methoxy groups -OCH3 is 1. The number of piperidine rings is 1. The number of aromatic hydroxyl groups is 1. The monoisotopic (exact) mass is 327 g/mol. The molecule has 0 aliphatic carbocycles. The summed E-state index contributed by atoms with van der Waals surface area (Å²) in [6.07, 6.45) is 3.27. The van der Waals surface area contributed by atoms with Crippen LogP contribution in [0.3, 0.4) is 0 Å². The minimum Gasteiger partial charge on any atom is -0.504 e. The lowest BCUT2D eigenvalue weighted by Gasteiger charge is -2.25. The lowest BCUT2D eigenvalue weighted by atomic mass is 9.88. The summed E-state index contributed by atoms with van der Waals surface area (Å²) in [6.45, 7) is 6.18. The average molecular weight is 328 g/mol. The summed E-state index contributed by atoms with van der Waals surface area (Å²) < 4.78 is 6.40. The number of hydrogen-bond donors (Lipinski definition) is 2. The number of ether oxygens (including phenoxy) is 1. The van der Waals surface area contributed by atoms with E-state index >= 15 is 0 Å². The molecule has 1 aliphatic rings. The Morgan fingerprint density at radius 3 is 2.47 bits per heavy atom. The second kappa shape index (κ2) is 6.14. The topological polar surface area (TPSA) is 41.5 Å². The third-order valence-corrected chi connectivity index (χ3v) is 5.30. The first kappa shape index (κ1) is 14.7.